The molecular weight excluding hydrogens is 268 g/mol. The molecule has 1 rings (SSSR count). The van der Waals surface area contributed by atoms with Gasteiger partial charge in [-0.3, -0.25) is 0 Å². The molecule has 0 N–H and O–H groups in total. The Kier molecular flexibility index (Phi) is 7.01. The van der Waals surface area contributed by atoms with E-state index in [2.05, 4.69) is 11.8 Å². The molecule has 0 spiro atoms. The molecule has 0 radical (unpaired) electrons. The zero-order valence-corrected chi connectivity index (χ0v) is 12.8. The molecule has 21 heavy (non-hydrogen) atoms. The molecule has 0 aliphatic carbocycles. The molecule has 0 aliphatic rings. The van der Waals surface area contributed by atoms with Gasteiger partial charge in [-0.1, -0.05) is 19.1 Å². The predicted octanol–water partition coefficient (Wildman–Crippen LogP) is 3.36. The minimum absolute atomic E-state index is 0.306. The standard InChI is InChI=1S/C16H22N2O3/c1-5-11-21-14-10-8-9-13(12-14)18(17-4)15(6-2)16(19)20-7-3/h6,8-10,12H,4-5,7,11H2,1-3H3/b15-6-. The highest BCUT2D eigenvalue weighted by Gasteiger charge is 2.19. The molecule has 1 aromatic rings. The number of ether oxygens (including phenoxy) is 2. The zero-order valence-electron chi connectivity index (χ0n) is 12.8. The van der Waals surface area contributed by atoms with E-state index in [9.17, 15) is 4.79 Å². The van der Waals surface area contributed by atoms with E-state index < -0.39 is 5.97 Å². The van der Waals surface area contributed by atoms with Crippen LogP contribution in [-0.2, 0) is 9.53 Å². The third kappa shape index (κ3) is 4.63. The first-order chi connectivity index (χ1) is 10.2. The highest BCUT2D eigenvalue weighted by atomic mass is 16.5. The Labute approximate surface area is 125 Å². The van der Waals surface area contributed by atoms with Crippen LogP contribution in [0.15, 0.2) is 41.1 Å². The summed E-state index contributed by atoms with van der Waals surface area (Å²) in [5.41, 5.74) is 1.01. The van der Waals surface area contributed by atoms with Crippen molar-refractivity contribution in [1.29, 1.82) is 0 Å². The molecule has 0 saturated heterocycles. The number of anilines is 1. The van der Waals surface area contributed by atoms with Crippen LogP contribution in [-0.4, -0.2) is 25.9 Å². The first-order valence-corrected chi connectivity index (χ1v) is 7.00. The number of hydrogen-bond acceptors (Lipinski definition) is 5. The second-order valence-corrected chi connectivity index (χ2v) is 4.19. The molecule has 1 aromatic carbocycles. The molecule has 0 amide bonds. The third-order valence-electron chi connectivity index (χ3n) is 2.66. The molecule has 114 valence electrons. The lowest BCUT2D eigenvalue weighted by Crippen LogP contribution is -2.23. The smallest absolute Gasteiger partial charge is 0.356 e. The number of rotatable bonds is 8. The normalized spacial score (nSPS) is 10.9. The Morgan fingerprint density at radius 1 is 1.43 bits per heavy atom. The maximum absolute atomic E-state index is 12.0. The number of allylic oxidation sites excluding steroid dienone is 1. The van der Waals surface area contributed by atoms with Gasteiger partial charge in [0.25, 0.3) is 0 Å². The largest absolute Gasteiger partial charge is 0.494 e. The van der Waals surface area contributed by atoms with Crippen LogP contribution in [0.2, 0.25) is 0 Å². The number of carbonyl (C=O) groups is 1. The first-order valence-electron chi connectivity index (χ1n) is 7.00. The van der Waals surface area contributed by atoms with Crippen molar-refractivity contribution < 1.29 is 14.3 Å². The van der Waals surface area contributed by atoms with E-state index >= 15 is 0 Å². The van der Waals surface area contributed by atoms with Gasteiger partial charge in [0, 0.05) is 12.8 Å². The van der Waals surface area contributed by atoms with Crippen molar-refractivity contribution in [1.82, 2.24) is 0 Å². The molecule has 0 heterocycles. The number of nitrogens with zero attached hydrogens (tertiary/aromatic N) is 2. The fourth-order valence-corrected chi connectivity index (χ4v) is 1.75. The van der Waals surface area contributed by atoms with Crippen LogP contribution in [0, 0.1) is 0 Å². The summed E-state index contributed by atoms with van der Waals surface area (Å²) in [7, 11) is 0. The Morgan fingerprint density at radius 2 is 2.19 bits per heavy atom. The zero-order chi connectivity index (χ0) is 15.7. The van der Waals surface area contributed by atoms with Crippen LogP contribution in [0.5, 0.6) is 5.75 Å². The fraction of sp³-hybridized carbons (Fsp3) is 0.375. The van der Waals surface area contributed by atoms with Gasteiger partial charge in [-0.2, -0.15) is 5.10 Å². The summed E-state index contributed by atoms with van der Waals surface area (Å²) in [5.74, 6) is 0.287. The number of benzene rings is 1. The lowest BCUT2D eigenvalue weighted by Gasteiger charge is -2.20. The van der Waals surface area contributed by atoms with Crippen LogP contribution in [0.25, 0.3) is 0 Å². The van der Waals surface area contributed by atoms with Gasteiger partial charge < -0.3 is 9.47 Å². The van der Waals surface area contributed by atoms with Crippen molar-refractivity contribution in [2.45, 2.75) is 27.2 Å². The van der Waals surface area contributed by atoms with E-state index in [0.717, 1.165) is 12.2 Å². The van der Waals surface area contributed by atoms with E-state index in [-0.39, 0.29) is 0 Å². The van der Waals surface area contributed by atoms with Gasteiger partial charge in [0.05, 0.1) is 18.9 Å². The van der Waals surface area contributed by atoms with Gasteiger partial charge in [0.15, 0.2) is 0 Å². The quantitative estimate of drug-likeness (QED) is 0.319. The summed E-state index contributed by atoms with van der Waals surface area (Å²) >= 11 is 0. The van der Waals surface area contributed by atoms with E-state index in [1.54, 1.807) is 19.9 Å². The molecule has 0 unspecified atom stereocenters. The second-order valence-electron chi connectivity index (χ2n) is 4.19. The van der Waals surface area contributed by atoms with Crippen LogP contribution in [0.3, 0.4) is 0 Å². The van der Waals surface area contributed by atoms with Crippen molar-refractivity contribution in [3.63, 3.8) is 0 Å². The van der Waals surface area contributed by atoms with Gasteiger partial charge in [-0.25, -0.2) is 9.80 Å². The van der Waals surface area contributed by atoms with E-state index in [0.29, 0.717) is 24.6 Å². The van der Waals surface area contributed by atoms with Gasteiger partial charge in [-0.15, -0.1) is 0 Å². The minimum atomic E-state index is -0.438. The topological polar surface area (TPSA) is 51.1 Å². The summed E-state index contributed by atoms with van der Waals surface area (Å²) in [6, 6.07) is 7.35. The molecular formula is C16H22N2O3. The van der Waals surface area contributed by atoms with E-state index in [1.165, 1.54) is 5.01 Å². The van der Waals surface area contributed by atoms with Crippen molar-refractivity contribution >= 4 is 18.4 Å². The molecule has 5 heteroatoms. The Morgan fingerprint density at radius 3 is 2.76 bits per heavy atom. The molecule has 0 atom stereocenters. The van der Waals surface area contributed by atoms with Gasteiger partial charge in [0.1, 0.15) is 11.4 Å². The Hall–Kier alpha value is -2.30. The van der Waals surface area contributed by atoms with Gasteiger partial charge in [0.2, 0.25) is 0 Å². The average molecular weight is 290 g/mol. The SMILES string of the molecule is C=NN(/C(=C\C)C(=O)OCC)c1cccc(OCCC)c1. The monoisotopic (exact) mass is 290 g/mol. The number of hydrogen-bond donors (Lipinski definition) is 0. The Balaban J connectivity index is 3.03. The summed E-state index contributed by atoms with van der Waals surface area (Å²) in [5, 5.41) is 5.35. The molecule has 0 saturated carbocycles. The molecule has 0 aromatic heterocycles. The maximum atomic E-state index is 12.0. The molecule has 0 fully saturated rings. The summed E-state index contributed by atoms with van der Waals surface area (Å²) in [6.45, 7) is 10.0. The summed E-state index contributed by atoms with van der Waals surface area (Å²) in [6.07, 6.45) is 2.57. The Bertz CT molecular complexity index is 512. The average Bonchev–Trinajstić information content (AvgIpc) is 2.50. The highest BCUT2D eigenvalue weighted by Crippen LogP contribution is 2.25. The minimum Gasteiger partial charge on any atom is -0.494 e. The predicted molar refractivity (Wildman–Crippen MR) is 84.6 cm³/mol. The summed E-state index contributed by atoms with van der Waals surface area (Å²) in [4.78, 5) is 12.0. The first kappa shape index (κ1) is 16.8. The lowest BCUT2D eigenvalue weighted by molar-refractivity contribution is -0.138. The second kappa shape index (κ2) is 8.79. The van der Waals surface area contributed by atoms with Crippen LogP contribution < -0.4 is 9.75 Å². The van der Waals surface area contributed by atoms with E-state index in [1.807, 2.05) is 31.2 Å². The number of carbonyl (C=O) groups excluding carboxylic acids is 1. The van der Waals surface area contributed by atoms with Crippen molar-refractivity contribution in [3.05, 3.63) is 36.0 Å². The molecule has 0 bridgehead atoms. The van der Waals surface area contributed by atoms with Crippen molar-refractivity contribution in [2.24, 2.45) is 5.10 Å². The third-order valence-corrected chi connectivity index (χ3v) is 2.66. The van der Waals surface area contributed by atoms with Gasteiger partial charge >= 0.3 is 5.97 Å². The van der Waals surface area contributed by atoms with Gasteiger partial charge in [-0.05, 0) is 32.4 Å². The van der Waals surface area contributed by atoms with Crippen molar-refractivity contribution in [2.75, 3.05) is 18.2 Å². The lowest BCUT2D eigenvalue weighted by atomic mass is 10.2. The fourth-order valence-electron chi connectivity index (χ4n) is 1.75. The van der Waals surface area contributed by atoms with Crippen LogP contribution in [0.1, 0.15) is 27.2 Å². The summed E-state index contributed by atoms with van der Waals surface area (Å²) < 4.78 is 10.6. The molecule has 0 aliphatic heterocycles. The molecule has 5 nitrogen and oxygen atoms in total. The van der Waals surface area contributed by atoms with Crippen LogP contribution in [0.4, 0.5) is 5.69 Å². The maximum Gasteiger partial charge on any atom is 0.356 e. The number of hydrazone groups is 1. The van der Waals surface area contributed by atoms with E-state index in [4.69, 9.17) is 9.47 Å². The van der Waals surface area contributed by atoms with Crippen LogP contribution >= 0.6 is 0 Å². The van der Waals surface area contributed by atoms with Crippen molar-refractivity contribution in [3.8, 4) is 5.75 Å². The highest BCUT2D eigenvalue weighted by molar-refractivity contribution is 5.92. The number of esters is 1.